The van der Waals surface area contributed by atoms with Gasteiger partial charge in [-0.3, -0.25) is 24.0 Å². The summed E-state index contributed by atoms with van der Waals surface area (Å²) < 4.78 is 5.52. The average molecular weight is 698 g/mol. The van der Waals surface area contributed by atoms with Crippen LogP contribution in [0.3, 0.4) is 0 Å². The van der Waals surface area contributed by atoms with Crippen molar-refractivity contribution in [2.24, 2.45) is 21.9 Å². The fourth-order valence-corrected chi connectivity index (χ4v) is 7.72. The number of likely N-dealkylation sites (tertiary alicyclic amines) is 1. The first-order chi connectivity index (χ1) is 23.2. The third-order valence-electron chi connectivity index (χ3n) is 10.7. The van der Waals surface area contributed by atoms with Crippen molar-refractivity contribution >= 4 is 46.7 Å². The van der Waals surface area contributed by atoms with Gasteiger partial charge in [-0.05, 0) is 61.5 Å². The summed E-state index contributed by atoms with van der Waals surface area (Å²) in [6.45, 7) is 8.81. The van der Waals surface area contributed by atoms with E-state index in [1.807, 2.05) is 39.8 Å². The zero-order valence-electron chi connectivity index (χ0n) is 28.8. The van der Waals surface area contributed by atoms with Crippen LogP contribution in [0.1, 0.15) is 91.0 Å². The molecule has 2 saturated heterocycles. The first-order valence-corrected chi connectivity index (χ1v) is 18.0. The molecule has 6 rings (SSSR count). The van der Waals surface area contributed by atoms with Gasteiger partial charge >= 0.3 is 0 Å². The third kappa shape index (κ3) is 7.65. The standard InChI is InChI=1S/C36H48ClN5O7/c1-5-7-25(28(43)32(46)38-23-10-11-23)39-31(45)27-19-36(18-26(41-49-36)21-8-6-9-22(37)16-21)20-42(27)33(47)29(34(2,3)4)40-30(44)24-17-35(24)12-14-48-15-13-35/h6,8-9,16,23-25,27,29H,5,7,10-15,17-20H2,1-4H3,(H,38,46)(H,39,45)(H,40,44)/t24-,25+,27+,29-,36-/m1/s1. The van der Waals surface area contributed by atoms with Crippen molar-refractivity contribution in [1.82, 2.24) is 20.9 Å². The molecule has 0 aromatic heterocycles. The summed E-state index contributed by atoms with van der Waals surface area (Å²) in [5.74, 6) is -2.74. The van der Waals surface area contributed by atoms with Crippen LogP contribution in [-0.2, 0) is 33.5 Å². The number of carbonyl (C=O) groups is 5. The zero-order chi connectivity index (χ0) is 35.1. The molecule has 13 heteroatoms. The van der Waals surface area contributed by atoms with E-state index in [1.54, 1.807) is 12.1 Å². The van der Waals surface area contributed by atoms with E-state index in [2.05, 4.69) is 21.1 Å². The highest BCUT2D eigenvalue weighted by molar-refractivity contribution is 6.38. The number of hydrogen-bond donors (Lipinski definition) is 3. The van der Waals surface area contributed by atoms with E-state index in [-0.39, 0.29) is 42.7 Å². The summed E-state index contributed by atoms with van der Waals surface area (Å²) in [5.41, 5.74) is -0.369. The molecule has 0 radical (unpaired) electrons. The normalized spacial score (nSPS) is 26.8. The molecular formula is C36H48ClN5O7. The molecule has 3 heterocycles. The number of nitrogens with one attached hydrogen (secondary N) is 3. The van der Waals surface area contributed by atoms with Crippen LogP contribution in [0.5, 0.6) is 0 Å². The molecule has 0 unspecified atom stereocenters. The summed E-state index contributed by atoms with van der Waals surface area (Å²) in [7, 11) is 0. The molecule has 4 fully saturated rings. The number of ether oxygens (including phenoxy) is 1. The van der Waals surface area contributed by atoms with Gasteiger partial charge in [-0.15, -0.1) is 0 Å². The van der Waals surface area contributed by atoms with Crippen LogP contribution in [0, 0.1) is 16.7 Å². The quantitative estimate of drug-likeness (QED) is 0.300. The number of amides is 4. The maximum atomic E-state index is 14.6. The van der Waals surface area contributed by atoms with Gasteiger partial charge in [-0.2, -0.15) is 0 Å². The highest BCUT2D eigenvalue weighted by Crippen LogP contribution is 2.59. The summed E-state index contributed by atoms with van der Waals surface area (Å²) in [4.78, 5) is 75.9. The summed E-state index contributed by atoms with van der Waals surface area (Å²) >= 11 is 6.25. The van der Waals surface area contributed by atoms with Gasteiger partial charge in [0.05, 0.1) is 18.3 Å². The number of carbonyl (C=O) groups excluding carboxylic acids is 5. The minimum absolute atomic E-state index is 0.00746. The van der Waals surface area contributed by atoms with Gasteiger partial charge < -0.3 is 30.4 Å². The highest BCUT2D eigenvalue weighted by Gasteiger charge is 2.60. The lowest BCUT2D eigenvalue weighted by molar-refractivity contribution is -0.145. The minimum atomic E-state index is -1.05. The van der Waals surface area contributed by atoms with Gasteiger partial charge in [0.1, 0.15) is 12.1 Å². The Morgan fingerprint density at radius 2 is 1.80 bits per heavy atom. The molecule has 2 aliphatic carbocycles. The molecule has 5 aliphatic rings. The molecule has 4 amide bonds. The molecule has 1 aromatic carbocycles. The second-order valence-corrected chi connectivity index (χ2v) is 16.1. The molecule has 2 spiro atoms. The number of Topliss-reactive ketones (excluding diaryl/α,β-unsaturated/α-hetero) is 1. The van der Waals surface area contributed by atoms with Gasteiger partial charge in [0.15, 0.2) is 5.60 Å². The van der Waals surface area contributed by atoms with Crippen molar-refractivity contribution in [1.29, 1.82) is 0 Å². The number of nitrogens with zero attached hydrogens (tertiary/aromatic N) is 2. The summed E-state index contributed by atoms with van der Waals surface area (Å²) in [6, 6.07) is 4.21. The summed E-state index contributed by atoms with van der Waals surface area (Å²) in [5, 5.41) is 13.5. The minimum Gasteiger partial charge on any atom is -0.387 e. The number of halogens is 1. The topological polar surface area (TPSA) is 156 Å². The highest BCUT2D eigenvalue weighted by atomic mass is 35.5. The van der Waals surface area contributed by atoms with E-state index in [4.69, 9.17) is 21.2 Å². The van der Waals surface area contributed by atoms with Crippen LogP contribution < -0.4 is 16.0 Å². The Kier molecular flexibility index (Phi) is 9.85. The number of ketones is 1. The molecule has 2 saturated carbocycles. The fourth-order valence-electron chi connectivity index (χ4n) is 7.53. The van der Waals surface area contributed by atoms with E-state index >= 15 is 0 Å². The van der Waals surface area contributed by atoms with E-state index in [0.717, 1.165) is 37.7 Å². The Hall–Kier alpha value is -3.51. The zero-order valence-corrected chi connectivity index (χ0v) is 29.6. The van der Waals surface area contributed by atoms with Gasteiger partial charge in [-0.1, -0.05) is 63.0 Å². The first-order valence-electron chi connectivity index (χ1n) is 17.6. The van der Waals surface area contributed by atoms with E-state index in [0.29, 0.717) is 36.8 Å². The van der Waals surface area contributed by atoms with E-state index < -0.39 is 52.6 Å². The van der Waals surface area contributed by atoms with Crippen LogP contribution in [0.15, 0.2) is 29.4 Å². The van der Waals surface area contributed by atoms with Crippen molar-refractivity contribution < 1.29 is 33.5 Å². The van der Waals surface area contributed by atoms with Gasteiger partial charge in [0, 0.05) is 48.6 Å². The number of oxime groups is 1. The first kappa shape index (κ1) is 35.3. The van der Waals surface area contributed by atoms with E-state index in [1.165, 1.54) is 4.90 Å². The Bertz CT molecular complexity index is 1530. The molecule has 0 bridgehead atoms. The van der Waals surface area contributed by atoms with Crippen molar-refractivity contribution in [3.63, 3.8) is 0 Å². The molecule has 266 valence electrons. The largest absolute Gasteiger partial charge is 0.387 e. The maximum absolute atomic E-state index is 14.6. The Labute approximate surface area is 292 Å². The van der Waals surface area contributed by atoms with Crippen LogP contribution >= 0.6 is 11.6 Å². The lowest BCUT2D eigenvalue weighted by Gasteiger charge is -2.36. The number of rotatable bonds is 11. The van der Waals surface area contributed by atoms with Gasteiger partial charge in [0.2, 0.25) is 23.5 Å². The number of hydrogen-bond acceptors (Lipinski definition) is 8. The average Bonchev–Trinajstić information content (AvgIpc) is 3.93. The molecule has 3 N–H and O–H groups in total. The molecule has 12 nitrogen and oxygen atoms in total. The third-order valence-corrected chi connectivity index (χ3v) is 11.0. The molecule has 49 heavy (non-hydrogen) atoms. The lowest BCUT2D eigenvalue weighted by atomic mass is 9.85. The van der Waals surface area contributed by atoms with Crippen LogP contribution in [0.2, 0.25) is 5.02 Å². The predicted molar refractivity (Wildman–Crippen MR) is 182 cm³/mol. The van der Waals surface area contributed by atoms with Crippen molar-refractivity contribution in [2.75, 3.05) is 19.8 Å². The Morgan fingerprint density at radius 3 is 2.45 bits per heavy atom. The second-order valence-electron chi connectivity index (χ2n) is 15.7. The monoisotopic (exact) mass is 697 g/mol. The van der Waals surface area contributed by atoms with Crippen molar-refractivity contribution in [2.45, 2.75) is 115 Å². The lowest BCUT2D eigenvalue weighted by Crippen LogP contribution is -2.59. The number of benzene rings is 1. The Balaban J connectivity index is 1.24. The predicted octanol–water partition coefficient (Wildman–Crippen LogP) is 3.28. The fraction of sp³-hybridized carbons (Fsp3) is 0.667. The molecular weight excluding hydrogens is 650 g/mol. The molecule has 5 atom stereocenters. The molecule has 1 aromatic rings. The van der Waals surface area contributed by atoms with Crippen molar-refractivity contribution in [3.05, 3.63) is 34.9 Å². The van der Waals surface area contributed by atoms with Gasteiger partial charge in [0.25, 0.3) is 5.91 Å². The van der Waals surface area contributed by atoms with Gasteiger partial charge in [-0.25, -0.2) is 0 Å². The van der Waals surface area contributed by atoms with Crippen LogP contribution in [0.4, 0.5) is 0 Å². The van der Waals surface area contributed by atoms with E-state index in [9.17, 15) is 24.0 Å². The smallest absolute Gasteiger partial charge is 0.289 e. The maximum Gasteiger partial charge on any atom is 0.289 e. The SMILES string of the molecule is CCC[C@H](NC(=O)[C@@H]1C[C@]2(CC(c3cccc(Cl)c3)=NO2)CN1C(=O)[C@@H](NC(=O)[C@H]1CC12CCOCC2)C(C)(C)C)C(=O)C(=O)NC1CC1. The second kappa shape index (κ2) is 13.7. The Morgan fingerprint density at radius 1 is 1.06 bits per heavy atom. The van der Waals surface area contributed by atoms with Crippen LogP contribution in [-0.4, -0.2) is 89.6 Å². The molecule has 3 aliphatic heterocycles. The van der Waals surface area contributed by atoms with Crippen molar-refractivity contribution in [3.8, 4) is 0 Å². The summed E-state index contributed by atoms with van der Waals surface area (Å²) in [6.07, 6.45) is 5.30. The van der Waals surface area contributed by atoms with Crippen LogP contribution in [0.25, 0.3) is 0 Å².